The quantitative estimate of drug-likeness (QED) is 0.513. The molecule has 0 spiro atoms. The summed E-state index contributed by atoms with van der Waals surface area (Å²) in [5, 5.41) is 0. The smallest absolute Gasteiger partial charge is 0.310 e. The Morgan fingerprint density at radius 2 is 1.89 bits per heavy atom. The molecule has 7 heteroatoms. The highest BCUT2D eigenvalue weighted by molar-refractivity contribution is 5.75. The minimum atomic E-state index is -0.369. The van der Waals surface area contributed by atoms with E-state index >= 15 is 0 Å². The molecule has 0 bridgehead atoms. The summed E-state index contributed by atoms with van der Waals surface area (Å²) in [6.45, 7) is 10.5. The van der Waals surface area contributed by atoms with Gasteiger partial charge in [0.25, 0.3) is 5.56 Å². The van der Waals surface area contributed by atoms with E-state index in [2.05, 4.69) is 11.6 Å². The van der Waals surface area contributed by atoms with Crippen LogP contribution in [0.5, 0.6) is 0 Å². The second-order valence-corrected chi connectivity index (χ2v) is 7.29. The van der Waals surface area contributed by atoms with Gasteiger partial charge in [0.1, 0.15) is 0 Å². The fourth-order valence-corrected chi connectivity index (χ4v) is 3.69. The minimum Gasteiger partial charge on any atom is -0.310 e. The third kappa shape index (κ3) is 2.54. The van der Waals surface area contributed by atoms with E-state index in [-0.39, 0.29) is 17.8 Å². The minimum absolute atomic E-state index is 0.231. The Morgan fingerprint density at radius 3 is 2.61 bits per heavy atom. The van der Waals surface area contributed by atoms with E-state index in [1.54, 1.807) is 17.5 Å². The summed E-state index contributed by atoms with van der Waals surface area (Å²) in [6.07, 6.45) is 3.66. The van der Waals surface area contributed by atoms with Gasteiger partial charge >= 0.3 is 5.69 Å². The first kappa shape index (κ1) is 18.0. The van der Waals surface area contributed by atoms with Crippen LogP contribution in [-0.2, 0) is 20.1 Å². The van der Waals surface area contributed by atoms with Crippen LogP contribution in [-0.4, -0.2) is 23.1 Å². The molecule has 0 fully saturated rings. The van der Waals surface area contributed by atoms with Crippen LogP contribution in [0.3, 0.4) is 0 Å². The summed E-state index contributed by atoms with van der Waals surface area (Å²) in [5.74, 6) is 0.629. The lowest BCUT2D eigenvalue weighted by molar-refractivity contribution is 0.654. The fourth-order valence-electron chi connectivity index (χ4n) is 3.69. The van der Waals surface area contributed by atoms with Gasteiger partial charge in [-0.05, 0) is 31.9 Å². The Hall–Kier alpha value is -3.35. The van der Waals surface area contributed by atoms with Gasteiger partial charge in [0.05, 0.1) is 6.54 Å². The Labute approximate surface area is 161 Å². The predicted octanol–water partition coefficient (Wildman–Crippen LogP) is 2.31. The van der Waals surface area contributed by atoms with Crippen molar-refractivity contribution in [2.24, 2.45) is 7.05 Å². The molecule has 4 rings (SSSR count). The highest BCUT2D eigenvalue weighted by atomic mass is 16.2. The first-order valence-electron chi connectivity index (χ1n) is 9.18. The zero-order chi connectivity index (χ0) is 20.2. The monoisotopic (exact) mass is 377 g/mol. The zero-order valence-corrected chi connectivity index (χ0v) is 16.6. The van der Waals surface area contributed by atoms with E-state index in [1.807, 2.05) is 49.7 Å². The maximum absolute atomic E-state index is 13.3. The summed E-state index contributed by atoms with van der Waals surface area (Å²) in [5.41, 5.74) is 4.17. The van der Waals surface area contributed by atoms with E-state index in [0.717, 1.165) is 22.4 Å². The molecule has 1 aromatic carbocycles. The predicted molar refractivity (Wildman–Crippen MR) is 110 cm³/mol. The van der Waals surface area contributed by atoms with Gasteiger partial charge in [0.15, 0.2) is 11.2 Å². The van der Waals surface area contributed by atoms with Crippen molar-refractivity contribution in [2.45, 2.75) is 33.9 Å². The molecule has 0 atom stereocenters. The molecule has 0 aliphatic carbocycles. The van der Waals surface area contributed by atoms with E-state index < -0.39 is 0 Å². The van der Waals surface area contributed by atoms with Gasteiger partial charge in [-0.2, -0.15) is 4.98 Å². The normalized spacial score (nSPS) is 11.6. The molecule has 0 saturated heterocycles. The number of fused-ring (bicyclic) bond motifs is 3. The van der Waals surface area contributed by atoms with Crippen molar-refractivity contribution < 1.29 is 0 Å². The van der Waals surface area contributed by atoms with E-state index in [9.17, 15) is 9.59 Å². The van der Waals surface area contributed by atoms with Crippen LogP contribution in [0.15, 0.2) is 46.6 Å². The zero-order valence-electron chi connectivity index (χ0n) is 16.6. The average Bonchev–Trinajstić information content (AvgIpc) is 3.16. The molecule has 0 radical (unpaired) electrons. The van der Waals surface area contributed by atoms with Gasteiger partial charge in [0.2, 0.25) is 5.78 Å². The van der Waals surface area contributed by atoms with Gasteiger partial charge in [-0.15, -0.1) is 6.58 Å². The first-order chi connectivity index (χ1) is 13.3. The van der Waals surface area contributed by atoms with Gasteiger partial charge in [-0.3, -0.25) is 18.3 Å². The number of nitrogens with zero attached hydrogens (tertiary/aromatic N) is 5. The summed E-state index contributed by atoms with van der Waals surface area (Å²) in [6, 6.07) is 6.05. The van der Waals surface area contributed by atoms with Crippen molar-refractivity contribution in [1.82, 2.24) is 23.1 Å². The van der Waals surface area contributed by atoms with Crippen LogP contribution in [0, 0.1) is 20.8 Å². The summed E-state index contributed by atoms with van der Waals surface area (Å²) in [7, 11) is 1.65. The second-order valence-electron chi connectivity index (χ2n) is 7.29. The maximum atomic E-state index is 13.3. The van der Waals surface area contributed by atoms with Crippen molar-refractivity contribution >= 4 is 16.9 Å². The molecule has 0 N–H and O–H groups in total. The molecular weight excluding hydrogens is 354 g/mol. The van der Waals surface area contributed by atoms with Crippen molar-refractivity contribution in [3.05, 3.63) is 80.3 Å². The van der Waals surface area contributed by atoms with Crippen LogP contribution < -0.4 is 11.2 Å². The van der Waals surface area contributed by atoms with Gasteiger partial charge in [-0.1, -0.05) is 29.8 Å². The number of imidazole rings is 2. The Bertz CT molecular complexity index is 1360. The molecule has 0 saturated carbocycles. The molecule has 0 aliphatic heterocycles. The first-order valence-corrected chi connectivity index (χ1v) is 9.18. The van der Waals surface area contributed by atoms with Crippen LogP contribution in [0.25, 0.3) is 16.9 Å². The summed E-state index contributed by atoms with van der Waals surface area (Å²) >= 11 is 0. The van der Waals surface area contributed by atoms with Crippen molar-refractivity contribution in [2.75, 3.05) is 0 Å². The van der Waals surface area contributed by atoms with Crippen LogP contribution in [0.4, 0.5) is 0 Å². The molecule has 144 valence electrons. The molecule has 3 heterocycles. The lowest BCUT2D eigenvalue weighted by Crippen LogP contribution is -2.39. The molecule has 4 aromatic rings. The topological polar surface area (TPSA) is 66.2 Å². The Kier molecular flexibility index (Phi) is 4.10. The standard InChI is InChI=1S/C21H23N5O2/c1-6-9-24-15(4)11-25-17-18(22-20(24)25)23(5)21(28)26(19(17)27)12-16-10-13(2)7-8-14(16)3/h6-8,10-11H,1,9,12H2,2-5H3. The van der Waals surface area contributed by atoms with E-state index in [1.165, 1.54) is 9.13 Å². The number of hydrogen-bond donors (Lipinski definition) is 0. The van der Waals surface area contributed by atoms with Crippen molar-refractivity contribution in [3.8, 4) is 0 Å². The summed E-state index contributed by atoms with van der Waals surface area (Å²) < 4.78 is 6.47. The largest absolute Gasteiger partial charge is 0.332 e. The molecule has 7 nitrogen and oxygen atoms in total. The van der Waals surface area contributed by atoms with Gasteiger partial charge in [-0.25, -0.2) is 4.79 Å². The Balaban J connectivity index is 2.03. The molecule has 3 aromatic heterocycles. The van der Waals surface area contributed by atoms with Crippen LogP contribution in [0.1, 0.15) is 22.4 Å². The summed E-state index contributed by atoms with van der Waals surface area (Å²) in [4.78, 5) is 30.8. The van der Waals surface area contributed by atoms with Gasteiger partial charge in [0, 0.05) is 25.5 Å². The SMILES string of the molecule is C=CCn1c(C)cn2c3c(=O)n(Cc4cc(C)ccc4C)c(=O)n(C)c3nc12. The van der Waals surface area contributed by atoms with Crippen LogP contribution in [0.2, 0.25) is 0 Å². The van der Waals surface area contributed by atoms with E-state index in [4.69, 9.17) is 0 Å². The fraction of sp³-hybridized carbons (Fsp3) is 0.286. The third-order valence-electron chi connectivity index (χ3n) is 5.29. The highest BCUT2D eigenvalue weighted by Gasteiger charge is 2.20. The van der Waals surface area contributed by atoms with Crippen molar-refractivity contribution in [1.29, 1.82) is 0 Å². The number of benzene rings is 1. The van der Waals surface area contributed by atoms with Crippen molar-refractivity contribution in [3.63, 3.8) is 0 Å². The Morgan fingerprint density at radius 1 is 1.14 bits per heavy atom. The molecule has 0 aliphatic rings. The lowest BCUT2D eigenvalue weighted by atomic mass is 10.1. The number of aromatic nitrogens is 5. The lowest BCUT2D eigenvalue weighted by Gasteiger charge is -2.11. The molecule has 28 heavy (non-hydrogen) atoms. The highest BCUT2D eigenvalue weighted by Crippen LogP contribution is 2.17. The second kappa shape index (κ2) is 6.37. The van der Waals surface area contributed by atoms with E-state index in [0.29, 0.717) is 23.5 Å². The van der Waals surface area contributed by atoms with Crippen LogP contribution >= 0.6 is 0 Å². The number of rotatable bonds is 4. The molecular formula is C21H23N5O2. The number of allylic oxidation sites excluding steroid dienone is 1. The van der Waals surface area contributed by atoms with Gasteiger partial charge < -0.3 is 4.57 Å². The maximum Gasteiger partial charge on any atom is 0.332 e. The molecule has 0 amide bonds. The molecule has 0 unspecified atom stereocenters. The number of aryl methyl sites for hydroxylation is 4. The average molecular weight is 377 g/mol. The third-order valence-corrected chi connectivity index (χ3v) is 5.29. The number of hydrogen-bond acceptors (Lipinski definition) is 3.